The fourth-order valence-electron chi connectivity index (χ4n) is 0.235. The third-order valence-corrected chi connectivity index (χ3v) is 0.938. The van der Waals surface area contributed by atoms with Crippen LogP contribution in [-0.4, -0.2) is 24.9 Å². The van der Waals surface area contributed by atoms with Crippen molar-refractivity contribution in [2.45, 2.75) is 18.3 Å². The van der Waals surface area contributed by atoms with E-state index in [-0.39, 0.29) is 0 Å². The van der Waals surface area contributed by atoms with Crippen molar-refractivity contribution in [1.29, 1.82) is 0 Å². The van der Waals surface area contributed by atoms with E-state index in [0.29, 0.717) is 0 Å². The van der Waals surface area contributed by atoms with Crippen LogP contribution in [0.25, 0.3) is 0 Å². The molecular weight excluding hydrogens is 274 g/mol. The summed E-state index contributed by atoms with van der Waals surface area (Å²) in [7, 11) is 0. The van der Waals surface area contributed by atoms with E-state index >= 15 is 0 Å². The van der Waals surface area contributed by atoms with Crippen LogP contribution < -0.4 is 0 Å². The predicted molar refractivity (Wildman–Crippen MR) is 36.8 cm³/mol. The van der Waals surface area contributed by atoms with Crippen LogP contribution >= 0.6 is 0 Å². The topological polar surface area (TPSA) is 0 Å². The Morgan fingerprint density at radius 1 is 0.941 bits per heavy atom. The Balaban J connectivity index is 0. The average Bonchev–Trinajstić information content (AvgIpc) is 2.14. The normalized spacial score (nSPS) is 12.4. The van der Waals surface area contributed by atoms with Gasteiger partial charge in [0, 0.05) is 0 Å². The van der Waals surface area contributed by atoms with Gasteiger partial charge in [-0.2, -0.15) is 39.5 Å². The highest BCUT2D eigenvalue weighted by Gasteiger charge is 2.61. The third-order valence-electron chi connectivity index (χ3n) is 0.938. The highest BCUT2D eigenvalue weighted by Crippen LogP contribution is 2.40. The Kier molecular flexibility index (Phi) is 6.36. The smallest absolute Gasteiger partial charge is 0.241 e. The second kappa shape index (κ2) is 5.95. The van der Waals surface area contributed by atoms with E-state index in [1.807, 2.05) is 0 Å². The largest absolute Gasteiger partial charge is 0.461 e. The van der Waals surface area contributed by atoms with Gasteiger partial charge >= 0.3 is 18.3 Å². The van der Waals surface area contributed by atoms with Gasteiger partial charge in [0.15, 0.2) is 6.67 Å². The van der Waals surface area contributed by atoms with E-state index in [0.717, 1.165) is 5.73 Å². The standard InChI is InChI=1S/C5H2F6.C2H2F4/c1-2-3(6)4(7,8)5(9,10)11;3-1-2(4,5)6/h1H2;1H2. The summed E-state index contributed by atoms with van der Waals surface area (Å²) >= 11 is 0. The lowest BCUT2D eigenvalue weighted by molar-refractivity contribution is -0.270. The molecule has 0 saturated carbocycles. The molecule has 0 aromatic heterocycles. The molecule has 0 rings (SSSR count). The molecule has 0 unspecified atom stereocenters. The number of rotatable bonds is 1. The second-order valence-electron chi connectivity index (χ2n) is 2.31. The van der Waals surface area contributed by atoms with Crippen LogP contribution in [0.2, 0.25) is 0 Å². The van der Waals surface area contributed by atoms with Crippen molar-refractivity contribution in [2.75, 3.05) is 6.67 Å². The van der Waals surface area contributed by atoms with Gasteiger partial charge in [-0.1, -0.05) is 12.3 Å². The third kappa shape index (κ3) is 6.88. The zero-order valence-electron chi connectivity index (χ0n) is 7.69. The lowest BCUT2D eigenvalue weighted by atomic mass is 10.3. The summed E-state index contributed by atoms with van der Waals surface area (Å²) in [6, 6.07) is 0. The summed E-state index contributed by atoms with van der Waals surface area (Å²) in [6.45, 7) is 0.0942. The fourth-order valence-corrected chi connectivity index (χ4v) is 0.235. The first-order valence-electron chi connectivity index (χ1n) is 3.43. The summed E-state index contributed by atoms with van der Waals surface area (Å²) in [5.74, 6) is -8.20. The molecule has 0 bridgehead atoms. The van der Waals surface area contributed by atoms with Crippen molar-refractivity contribution in [3.05, 3.63) is 18.1 Å². The van der Waals surface area contributed by atoms with Crippen LogP contribution in [-0.2, 0) is 0 Å². The second-order valence-corrected chi connectivity index (χ2v) is 2.31. The lowest BCUT2D eigenvalue weighted by Gasteiger charge is -2.15. The molecule has 0 radical (unpaired) electrons. The van der Waals surface area contributed by atoms with Crippen LogP contribution in [0.4, 0.5) is 43.9 Å². The summed E-state index contributed by atoms with van der Waals surface area (Å²) < 4.78 is 110. The molecule has 0 aromatic rings. The summed E-state index contributed by atoms with van der Waals surface area (Å²) in [6.07, 6.45) is -10.6. The Labute approximate surface area is 88.2 Å². The van der Waals surface area contributed by atoms with Crippen molar-refractivity contribution in [2.24, 2.45) is 0 Å². The molecular formula is C7H4F10. The van der Waals surface area contributed by atoms with Gasteiger partial charge in [0.25, 0.3) is 0 Å². The van der Waals surface area contributed by atoms with Crippen LogP contribution in [0.15, 0.2) is 18.1 Å². The van der Waals surface area contributed by atoms with E-state index in [1.54, 1.807) is 0 Å². The number of hydrogen-bond donors (Lipinski definition) is 0. The molecule has 17 heavy (non-hydrogen) atoms. The zero-order chi connectivity index (χ0) is 14.5. The first-order chi connectivity index (χ1) is 7.29. The predicted octanol–water partition coefficient (Wildman–Crippen LogP) is 4.34. The minimum absolute atomic E-state index is 0.842. The first kappa shape index (κ1) is 18.2. The Hall–Kier alpha value is -1.18. The molecule has 0 aliphatic heterocycles. The Morgan fingerprint density at radius 2 is 1.24 bits per heavy atom. The fraction of sp³-hybridized carbons (Fsp3) is 0.571. The van der Waals surface area contributed by atoms with Gasteiger partial charge < -0.3 is 0 Å². The van der Waals surface area contributed by atoms with Crippen LogP contribution in [0.5, 0.6) is 0 Å². The van der Waals surface area contributed by atoms with Crippen molar-refractivity contribution >= 4 is 0 Å². The summed E-state index contributed by atoms with van der Waals surface area (Å²) in [5, 5.41) is 0. The van der Waals surface area contributed by atoms with Crippen molar-refractivity contribution in [3.63, 3.8) is 0 Å². The maximum absolute atomic E-state index is 11.7. The van der Waals surface area contributed by atoms with E-state index in [4.69, 9.17) is 0 Å². The van der Waals surface area contributed by atoms with E-state index in [1.165, 1.54) is 0 Å². The first-order valence-corrected chi connectivity index (χ1v) is 3.43. The molecule has 0 atom stereocenters. The molecule has 0 amide bonds. The average molecular weight is 278 g/mol. The number of allylic oxidation sites excluding steroid dienone is 1. The molecule has 0 fully saturated rings. The minimum Gasteiger partial charge on any atom is -0.241 e. The molecule has 0 N–H and O–H groups in total. The van der Waals surface area contributed by atoms with Crippen molar-refractivity contribution < 1.29 is 43.9 Å². The van der Waals surface area contributed by atoms with Gasteiger partial charge in [-0.05, 0) is 0 Å². The number of halogens is 10. The molecule has 0 aliphatic rings. The van der Waals surface area contributed by atoms with Crippen LogP contribution in [0, 0.1) is 0 Å². The van der Waals surface area contributed by atoms with Gasteiger partial charge in [-0.3, -0.25) is 0 Å². The molecule has 0 saturated heterocycles. The molecule has 0 aromatic carbocycles. The zero-order valence-corrected chi connectivity index (χ0v) is 7.69. The number of hydrogen-bond acceptors (Lipinski definition) is 0. The molecule has 0 aliphatic carbocycles. The molecule has 102 valence electrons. The van der Waals surface area contributed by atoms with Crippen LogP contribution in [0.3, 0.4) is 0 Å². The lowest BCUT2D eigenvalue weighted by Crippen LogP contribution is -2.36. The summed E-state index contributed by atoms with van der Waals surface area (Å²) in [4.78, 5) is 0. The summed E-state index contributed by atoms with van der Waals surface area (Å²) in [5.41, 5.74) is 0.842. The van der Waals surface area contributed by atoms with Crippen LogP contribution in [0.1, 0.15) is 0 Å². The quantitative estimate of drug-likeness (QED) is 0.494. The highest BCUT2D eigenvalue weighted by atomic mass is 19.4. The van der Waals surface area contributed by atoms with Gasteiger partial charge in [0.2, 0.25) is 5.83 Å². The van der Waals surface area contributed by atoms with Gasteiger partial charge in [0.1, 0.15) is 0 Å². The van der Waals surface area contributed by atoms with Crippen molar-refractivity contribution in [3.8, 4) is 0 Å². The maximum atomic E-state index is 11.7. The van der Waals surface area contributed by atoms with E-state index in [2.05, 4.69) is 6.58 Å². The highest BCUT2D eigenvalue weighted by molar-refractivity contribution is 5.05. The van der Waals surface area contributed by atoms with Gasteiger partial charge in [-0.25, -0.2) is 4.39 Å². The SMILES string of the molecule is C=C=C(F)C(F)(F)C(F)(F)F.FCC(F)(F)F. The van der Waals surface area contributed by atoms with E-state index < -0.39 is 30.8 Å². The minimum atomic E-state index is -5.93. The molecule has 0 spiro atoms. The molecule has 0 nitrogen and oxygen atoms in total. The Bertz CT molecular complexity index is 276. The van der Waals surface area contributed by atoms with E-state index in [9.17, 15) is 43.9 Å². The maximum Gasteiger partial charge on any atom is 0.461 e. The van der Waals surface area contributed by atoms with Gasteiger partial charge in [0.05, 0.1) is 0 Å². The Morgan fingerprint density at radius 3 is 1.29 bits per heavy atom. The monoisotopic (exact) mass is 278 g/mol. The van der Waals surface area contributed by atoms with Crippen molar-refractivity contribution in [1.82, 2.24) is 0 Å². The van der Waals surface area contributed by atoms with Gasteiger partial charge in [-0.15, -0.1) is 0 Å². The molecule has 10 heteroatoms. The molecule has 0 heterocycles. The number of alkyl halides is 9.